The zero-order valence-electron chi connectivity index (χ0n) is 17.1. The molecular weight excluding hydrogens is 338 g/mol. The van der Waals surface area contributed by atoms with Gasteiger partial charge in [0.2, 0.25) is 0 Å². The van der Waals surface area contributed by atoms with Gasteiger partial charge in [-0.1, -0.05) is 32.0 Å². The summed E-state index contributed by atoms with van der Waals surface area (Å²) in [5, 5.41) is 3.65. The summed E-state index contributed by atoms with van der Waals surface area (Å²) in [4.78, 5) is 12.0. The van der Waals surface area contributed by atoms with Gasteiger partial charge >= 0.3 is 0 Å². The Morgan fingerprint density at radius 3 is 2.30 bits per heavy atom. The summed E-state index contributed by atoms with van der Waals surface area (Å²) in [5.74, 6) is 1.63. The molecule has 150 valence electrons. The zero-order chi connectivity index (χ0) is 19.1. The average Bonchev–Trinajstić information content (AvgIpc) is 2.72. The lowest BCUT2D eigenvalue weighted by Crippen LogP contribution is -2.56. The summed E-state index contributed by atoms with van der Waals surface area (Å²) >= 11 is 0. The Morgan fingerprint density at radius 2 is 1.70 bits per heavy atom. The van der Waals surface area contributed by atoms with Crippen molar-refractivity contribution >= 4 is 11.6 Å². The van der Waals surface area contributed by atoms with Gasteiger partial charge in [0.05, 0.1) is 13.2 Å². The molecule has 2 fully saturated rings. The first kappa shape index (κ1) is 20.0. The lowest BCUT2D eigenvalue weighted by molar-refractivity contribution is 0.00739. The number of hydrogen-bond acceptors (Lipinski definition) is 4. The number of benzene rings is 1. The third kappa shape index (κ3) is 5.36. The molecule has 2 aliphatic heterocycles. The Morgan fingerprint density at radius 1 is 1.04 bits per heavy atom. The molecule has 3 rings (SSSR count). The van der Waals surface area contributed by atoms with Crippen LogP contribution in [0.3, 0.4) is 0 Å². The monoisotopic (exact) mass is 373 g/mol. The molecule has 1 aromatic rings. The van der Waals surface area contributed by atoms with Crippen LogP contribution in [0.15, 0.2) is 35.3 Å². The molecule has 1 N–H and O–H groups in total. The van der Waals surface area contributed by atoms with Crippen molar-refractivity contribution in [2.45, 2.75) is 19.9 Å². The van der Waals surface area contributed by atoms with E-state index in [9.17, 15) is 0 Å². The van der Waals surface area contributed by atoms with Crippen molar-refractivity contribution in [1.29, 1.82) is 0 Å². The smallest absolute Gasteiger partial charge is 0.193 e. The first-order valence-electron chi connectivity index (χ1n) is 10.3. The fraction of sp³-hybridized carbons (Fsp3) is 0.667. The molecule has 0 spiro atoms. The minimum atomic E-state index is 0.510. The molecule has 0 bridgehead atoms. The van der Waals surface area contributed by atoms with E-state index in [1.54, 1.807) is 0 Å². The van der Waals surface area contributed by atoms with Crippen LogP contribution in [-0.4, -0.2) is 87.9 Å². The van der Waals surface area contributed by atoms with Crippen LogP contribution >= 0.6 is 0 Å². The molecule has 6 nitrogen and oxygen atoms in total. The van der Waals surface area contributed by atoms with Crippen molar-refractivity contribution in [2.24, 2.45) is 10.9 Å². The van der Waals surface area contributed by atoms with E-state index >= 15 is 0 Å². The predicted molar refractivity (Wildman–Crippen MR) is 113 cm³/mol. The van der Waals surface area contributed by atoms with Crippen LogP contribution in [0.1, 0.15) is 13.8 Å². The van der Waals surface area contributed by atoms with Gasteiger partial charge in [-0.2, -0.15) is 0 Å². The number of piperazine rings is 1. The van der Waals surface area contributed by atoms with E-state index < -0.39 is 0 Å². The van der Waals surface area contributed by atoms with E-state index in [1.807, 2.05) is 7.05 Å². The molecule has 0 radical (unpaired) electrons. The Bertz CT molecular complexity index is 577. The molecule has 2 saturated heterocycles. The molecule has 1 atom stereocenters. The quantitative estimate of drug-likeness (QED) is 0.629. The van der Waals surface area contributed by atoms with Gasteiger partial charge in [-0.3, -0.25) is 9.89 Å². The highest BCUT2D eigenvalue weighted by Gasteiger charge is 2.25. The number of anilines is 1. The Hall–Kier alpha value is -1.79. The predicted octanol–water partition coefficient (Wildman–Crippen LogP) is 1.74. The maximum Gasteiger partial charge on any atom is 0.193 e. The molecule has 27 heavy (non-hydrogen) atoms. The minimum Gasteiger partial charge on any atom is -0.379 e. The van der Waals surface area contributed by atoms with Crippen LogP contribution in [0.25, 0.3) is 0 Å². The van der Waals surface area contributed by atoms with Gasteiger partial charge in [-0.05, 0) is 18.1 Å². The first-order chi connectivity index (χ1) is 13.2. The highest BCUT2D eigenvalue weighted by molar-refractivity contribution is 5.80. The number of morpholine rings is 1. The molecule has 0 saturated carbocycles. The number of para-hydroxylation sites is 1. The lowest BCUT2D eigenvalue weighted by Gasteiger charge is -2.40. The van der Waals surface area contributed by atoms with E-state index in [-0.39, 0.29) is 0 Å². The summed E-state index contributed by atoms with van der Waals surface area (Å²) in [5.41, 5.74) is 1.31. The normalized spacial score (nSPS) is 20.8. The van der Waals surface area contributed by atoms with E-state index in [2.05, 4.69) is 69.2 Å². The van der Waals surface area contributed by atoms with Crippen molar-refractivity contribution in [3.63, 3.8) is 0 Å². The maximum atomic E-state index is 5.52. The van der Waals surface area contributed by atoms with Gasteiger partial charge < -0.3 is 19.9 Å². The Kier molecular flexibility index (Phi) is 7.35. The van der Waals surface area contributed by atoms with Crippen LogP contribution in [0.4, 0.5) is 5.69 Å². The van der Waals surface area contributed by atoms with E-state index in [4.69, 9.17) is 4.74 Å². The minimum absolute atomic E-state index is 0.510. The average molecular weight is 374 g/mol. The van der Waals surface area contributed by atoms with Gasteiger partial charge in [0.25, 0.3) is 0 Å². The molecular formula is C21H35N5O. The second-order valence-corrected chi connectivity index (χ2v) is 7.70. The van der Waals surface area contributed by atoms with E-state index in [0.717, 1.165) is 65.0 Å². The molecule has 1 unspecified atom stereocenters. The molecule has 2 aliphatic rings. The Balaban J connectivity index is 1.51. The fourth-order valence-electron chi connectivity index (χ4n) is 4.04. The van der Waals surface area contributed by atoms with Gasteiger partial charge in [-0.25, -0.2) is 0 Å². The molecule has 0 aromatic heterocycles. The van der Waals surface area contributed by atoms with Gasteiger partial charge in [0.1, 0.15) is 0 Å². The standard InChI is InChI=1S/C21H35N5O/c1-18(2)20(25-13-15-27-16-14-25)17-23-21(22-3)26-11-9-24(10-12-26)19-7-5-4-6-8-19/h4-8,18,20H,9-17H2,1-3H3,(H,22,23). The van der Waals surface area contributed by atoms with Crippen LogP contribution in [0.5, 0.6) is 0 Å². The van der Waals surface area contributed by atoms with Crippen molar-refractivity contribution in [2.75, 3.05) is 71.0 Å². The van der Waals surface area contributed by atoms with E-state index in [0.29, 0.717) is 12.0 Å². The Labute approximate surface area is 164 Å². The van der Waals surface area contributed by atoms with Crippen LogP contribution in [-0.2, 0) is 4.74 Å². The third-order valence-electron chi connectivity index (χ3n) is 5.67. The lowest BCUT2D eigenvalue weighted by atomic mass is 10.0. The highest BCUT2D eigenvalue weighted by atomic mass is 16.5. The molecule has 0 aliphatic carbocycles. The largest absolute Gasteiger partial charge is 0.379 e. The van der Waals surface area contributed by atoms with E-state index in [1.165, 1.54) is 5.69 Å². The zero-order valence-corrected chi connectivity index (χ0v) is 17.1. The molecule has 2 heterocycles. The van der Waals surface area contributed by atoms with Crippen LogP contribution in [0, 0.1) is 5.92 Å². The number of ether oxygens (including phenoxy) is 1. The molecule has 6 heteroatoms. The van der Waals surface area contributed by atoms with Crippen molar-refractivity contribution < 1.29 is 4.74 Å². The summed E-state index contributed by atoms with van der Waals surface area (Å²) in [7, 11) is 1.89. The topological polar surface area (TPSA) is 43.3 Å². The van der Waals surface area contributed by atoms with Crippen molar-refractivity contribution in [3.8, 4) is 0 Å². The van der Waals surface area contributed by atoms with Crippen molar-refractivity contribution in [3.05, 3.63) is 30.3 Å². The summed E-state index contributed by atoms with van der Waals surface area (Å²) in [6.07, 6.45) is 0. The molecule has 0 amide bonds. The second-order valence-electron chi connectivity index (χ2n) is 7.70. The second kappa shape index (κ2) is 9.95. The maximum absolute atomic E-state index is 5.52. The van der Waals surface area contributed by atoms with Crippen molar-refractivity contribution in [1.82, 2.24) is 15.1 Å². The SMILES string of the molecule is CN=C(NCC(C(C)C)N1CCOCC1)N1CCN(c2ccccc2)CC1. The van der Waals surface area contributed by atoms with Gasteiger partial charge in [0, 0.05) is 64.6 Å². The van der Waals surface area contributed by atoms with Gasteiger partial charge in [-0.15, -0.1) is 0 Å². The summed E-state index contributed by atoms with van der Waals surface area (Å²) in [6.45, 7) is 13.4. The number of nitrogens with one attached hydrogen (secondary N) is 1. The number of rotatable bonds is 5. The van der Waals surface area contributed by atoms with Gasteiger partial charge in [0.15, 0.2) is 5.96 Å². The number of hydrogen-bond donors (Lipinski definition) is 1. The fourth-order valence-corrected chi connectivity index (χ4v) is 4.04. The third-order valence-corrected chi connectivity index (χ3v) is 5.67. The summed E-state index contributed by atoms with van der Waals surface area (Å²) < 4.78 is 5.52. The highest BCUT2D eigenvalue weighted by Crippen LogP contribution is 2.16. The number of nitrogens with zero attached hydrogens (tertiary/aromatic N) is 4. The number of aliphatic imine (C=N–C) groups is 1. The van der Waals surface area contributed by atoms with Crippen LogP contribution in [0.2, 0.25) is 0 Å². The number of guanidine groups is 1. The molecule has 1 aromatic carbocycles. The first-order valence-corrected chi connectivity index (χ1v) is 10.3. The summed E-state index contributed by atoms with van der Waals surface area (Å²) in [6, 6.07) is 11.2. The van der Waals surface area contributed by atoms with Crippen LogP contribution < -0.4 is 10.2 Å².